The van der Waals surface area contributed by atoms with E-state index in [1.807, 2.05) is 55.5 Å². The third kappa shape index (κ3) is 4.85. The smallest absolute Gasteiger partial charge is 0.343 e. The van der Waals surface area contributed by atoms with Crippen LogP contribution in [0.4, 0.5) is 0 Å². The first-order valence-corrected chi connectivity index (χ1v) is 10.3. The van der Waals surface area contributed by atoms with E-state index in [1.54, 1.807) is 36.4 Å². The van der Waals surface area contributed by atoms with Gasteiger partial charge in [0.15, 0.2) is 0 Å². The predicted octanol–water partition coefficient (Wildman–Crippen LogP) is 5.78. The first-order chi connectivity index (χ1) is 15.5. The van der Waals surface area contributed by atoms with Crippen LogP contribution in [-0.2, 0) is 0 Å². The summed E-state index contributed by atoms with van der Waals surface area (Å²) in [5.74, 6) is -0.567. The second kappa shape index (κ2) is 9.45. The molecular weight excluding hydrogens is 424 g/mol. The Morgan fingerprint density at radius 2 is 1.69 bits per heavy atom. The molecule has 1 amide bonds. The fraction of sp³-hybridized carbons (Fsp3) is 0.0385. The number of halogens is 1. The summed E-state index contributed by atoms with van der Waals surface area (Å²) in [5.41, 5.74) is 4.96. The number of aryl methyl sites for hydroxylation is 1. The summed E-state index contributed by atoms with van der Waals surface area (Å²) < 4.78 is 5.52. The minimum Gasteiger partial charge on any atom is -0.422 e. The molecule has 0 heterocycles. The highest BCUT2D eigenvalue weighted by Crippen LogP contribution is 2.23. The fourth-order valence-corrected chi connectivity index (χ4v) is 3.39. The van der Waals surface area contributed by atoms with Crippen molar-refractivity contribution in [1.82, 2.24) is 5.43 Å². The van der Waals surface area contributed by atoms with Gasteiger partial charge in [-0.15, -0.1) is 0 Å². The number of hydrogen-bond donors (Lipinski definition) is 1. The molecule has 0 saturated carbocycles. The molecule has 0 aliphatic heterocycles. The molecule has 0 radical (unpaired) electrons. The van der Waals surface area contributed by atoms with Gasteiger partial charge in [0.05, 0.1) is 11.8 Å². The fourth-order valence-electron chi connectivity index (χ4n) is 3.21. The summed E-state index contributed by atoms with van der Waals surface area (Å²) in [7, 11) is 0. The van der Waals surface area contributed by atoms with Crippen molar-refractivity contribution >= 4 is 40.5 Å². The monoisotopic (exact) mass is 442 g/mol. The average Bonchev–Trinajstić information content (AvgIpc) is 2.80. The molecule has 5 nitrogen and oxygen atoms in total. The molecule has 0 aliphatic carbocycles. The molecule has 4 rings (SSSR count). The highest BCUT2D eigenvalue weighted by molar-refractivity contribution is 6.31. The van der Waals surface area contributed by atoms with Gasteiger partial charge < -0.3 is 4.74 Å². The number of nitrogens with zero attached hydrogens (tertiary/aromatic N) is 1. The van der Waals surface area contributed by atoms with Gasteiger partial charge >= 0.3 is 5.97 Å². The van der Waals surface area contributed by atoms with Gasteiger partial charge in [0.25, 0.3) is 5.91 Å². The van der Waals surface area contributed by atoms with Crippen LogP contribution in [0.1, 0.15) is 31.8 Å². The van der Waals surface area contributed by atoms with Gasteiger partial charge in [0, 0.05) is 16.1 Å². The molecule has 0 atom stereocenters. The number of nitrogens with one attached hydrogen (secondary N) is 1. The zero-order valence-corrected chi connectivity index (χ0v) is 18.0. The van der Waals surface area contributed by atoms with Crippen LogP contribution in [0.2, 0.25) is 5.02 Å². The number of fused-ring (bicyclic) bond motifs is 1. The minimum atomic E-state index is -0.498. The second-order valence-corrected chi connectivity index (χ2v) is 7.60. The Morgan fingerprint density at radius 3 is 2.50 bits per heavy atom. The average molecular weight is 443 g/mol. The molecular formula is C26H19ClN2O3. The Morgan fingerprint density at radius 1 is 0.938 bits per heavy atom. The van der Waals surface area contributed by atoms with Crippen LogP contribution in [0.5, 0.6) is 5.75 Å². The lowest BCUT2D eigenvalue weighted by Crippen LogP contribution is -2.18. The van der Waals surface area contributed by atoms with Gasteiger partial charge in [-0.25, -0.2) is 10.2 Å². The summed E-state index contributed by atoms with van der Waals surface area (Å²) in [6.07, 6.45) is 1.40. The van der Waals surface area contributed by atoms with E-state index in [4.69, 9.17) is 16.3 Å². The third-order valence-corrected chi connectivity index (χ3v) is 5.10. The van der Waals surface area contributed by atoms with Crippen molar-refractivity contribution in [1.29, 1.82) is 0 Å². The normalized spacial score (nSPS) is 10.9. The SMILES string of the molecule is Cc1ccc(C(=O)Oc2ccc(Cl)cc2/C=N/NC(=O)c2cccc3ccccc23)cc1. The Hall–Kier alpha value is -3.96. The molecule has 0 unspecified atom stereocenters. The molecule has 4 aromatic carbocycles. The first-order valence-electron chi connectivity index (χ1n) is 9.91. The maximum absolute atomic E-state index is 12.7. The number of hydrogen-bond acceptors (Lipinski definition) is 4. The lowest BCUT2D eigenvalue weighted by Gasteiger charge is -2.08. The maximum atomic E-state index is 12.7. The van der Waals surface area contributed by atoms with Gasteiger partial charge in [-0.3, -0.25) is 4.79 Å². The van der Waals surface area contributed by atoms with Crippen LogP contribution < -0.4 is 10.2 Å². The number of rotatable bonds is 5. The highest BCUT2D eigenvalue weighted by atomic mass is 35.5. The maximum Gasteiger partial charge on any atom is 0.343 e. The number of esters is 1. The number of amides is 1. The molecule has 0 spiro atoms. The number of carbonyl (C=O) groups is 2. The summed E-state index contributed by atoms with van der Waals surface area (Å²) in [6.45, 7) is 1.94. The Bertz CT molecular complexity index is 1330. The lowest BCUT2D eigenvalue weighted by atomic mass is 10.0. The van der Waals surface area contributed by atoms with Crippen molar-refractivity contribution in [3.8, 4) is 5.75 Å². The van der Waals surface area contributed by atoms with Gasteiger partial charge in [-0.2, -0.15) is 5.10 Å². The quantitative estimate of drug-likeness (QED) is 0.184. The summed E-state index contributed by atoms with van der Waals surface area (Å²) in [6, 6.07) is 25.0. The van der Waals surface area contributed by atoms with Crippen molar-refractivity contribution < 1.29 is 14.3 Å². The molecule has 158 valence electrons. The van der Waals surface area contributed by atoms with Crippen LogP contribution in [0.25, 0.3) is 10.8 Å². The van der Waals surface area contributed by atoms with E-state index in [1.165, 1.54) is 6.21 Å². The Balaban J connectivity index is 1.52. The minimum absolute atomic E-state index is 0.281. The van der Waals surface area contributed by atoms with E-state index in [0.717, 1.165) is 16.3 Å². The summed E-state index contributed by atoms with van der Waals surface area (Å²) in [5, 5.41) is 6.28. The lowest BCUT2D eigenvalue weighted by molar-refractivity contribution is 0.0734. The molecule has 1 N–H and O–H groups in total. The van der Waals surface area contributed by atoms with Crippen molar-refractivity contribution in [2.45, 2.75) is 6.92 Å². The molecule has 0 fully saturated rings. The standard InChI is InChI=1S/C26H19ClN2O3/c1-17-9-11-19(12-10-17)26(31)32-24-14-13-21(27)15-20(24)16-28-29-25(30)23-8-4-6-18-5-2-3-7-22(18)23/h2-16H,1H3,(H,29,30)/b28-16+. The van der Waals surface area contributed by atoms with E-state index in [0.29, 0.717) is 21.7 Å². The zero-order chi connectivity index (χ0) is 22.5. The molecule has 4 aromatic rings. The van der Waals surface area contributed by atoms with Crippen LogP contribution in [-0.4, -0.2) is 18.1 Å². The predicted molar refractivity (Wildman–Crippen MR) is 127 cm³/mol. The van der Waals surface area contributed by atoms with Gasteiger partial charge in [0.1, 0.15) is 5.75 Å². The van der Waals surface area contributed by atoms with Crippen LogP contribution in [0.15, 0.2) is 90.0 Å². The van der Waals surface area contributed by atoms with E-state index >= 15 is 0 Å². The molecule has 0 aliphatic rings. The number of ether oxygens (including phenoxy) is 1. The van der Waals surface area contributed by atoms with Gasteiger partial charge in [-0.05, 0) is 54.1 Å². The van der Waals surface area contributed by atoms with E-state index < -0.39 is 5.97 Å². The van der Waals surface area contributed by atoms with Crippen molar-refractivity contribution in [2.75, 3.05) is 0 Å². The Labute approximate surface area is 190 Å². The summed E-state index contributed by atoms with van der Waals surface area (Å²) in [4.78, 5) is 25.1. The number of benzene rings is 4. The second-order valence-electron chi connectivity index (χ2n) is 7.16. The van der Waals surface area contributed by atoms with Crippen LogP contribution >= 0.6 is 11.6 Å². The largest absolute Gasteiger partial charge is 0.422 e. The van der Waals surface area contributed by atoms with Crippen molar-refractivity contribution in [3.05, 3.63) is 112 Å². The number of carbonyl (C=O) groups excluding carboxylic acids is 2. The highest BCUT2D eigenvalue weighted by Gasteiger charge is 2.12. The number of hydrazone groups is 1. The zero-order valence-electron chi connectivity index (χ0n) is 17.2. The molecule has 6 heteroatoms. The van der Waals surface area contributed by atoms with Gasteiger partial charge in [-0.1, -0.05) is 65.7 Å². The topological polar surface area (TPSA) is 67.8 Å². The van der Waals surface area contributed by atoms with Gasteiger partial charge in [0.2, 0.25) is 0 Å². The first kappa shape index (κ1) is 21.3. The van der Waals surface area contributed by atoms with Crippen LogP contribution in [0.3, 0.4) is 0 Å². The molecule has 32 heavy (non-hydrogen) atoms. The molecule has 0 aromatic heterocycles. The molecule has 0 bridgehead atoms. The Kier molecular flexibility index (Phi) is 6.29. The van der Waals surface area contributed by atoms with Crippen molar-refractivity contribution in [3.63, 3.8) is 0 Å². The third-order valence-electron chi connectivity index (χ3n) is 4.87. The van der Waals surface area contributed by atoms with E-state index in [9.17, 15) is 9.59 Å². The van der Waals surface area contributed by atoms with E-state index in [2.05, 4.69) is 10.5 Å². The van der Waals surface area contributed by atoms with E-state index in [-0.39, 0.29) is 11.7 Å². The van der Waals surface area contributed by atoms with Crippen molar-refractivity contribution in [2.24, 2.45) is 5.10 Å². The van der Waals surface area contributed by atoms with Crippen LogP contribution in [0, 0.1) is 6.92 Å². The summed E-state index contributed by atoms with van der Waals surface area (Å²) >= 11 is 6.10. The molecule has 0 saturated heterocycles.